The van der Waals surface area contributed by atoms with Crippen molar-refractivity contribution in [2.75, 3.05) is 11.9 Å². The van der Waals surface area contributed by atoms with Gasteiger partial charge in [-0.2, -0.15) is 0 Å². The predicted octanol–water partition coefficient (Wildman–Crippen LogP) is 4.28. The average Bonchev–Trinajstić information content (AvgIpc) is 2.37. The fourth-order valence-corrected chi connectivity index (χ4v) is 3.21. The van der Waals surface area contributed by atoms with Crippen molar-refractivity contribution in [2.45, 2.75) is 58.6 Å². The summed E-state index contributed by atoms with van der Waals surface area (Å²) in [6.45, 7) is 6.25. The molecule has 2 rings (SSSR count). The monoisotopic (exact) mass is 279 g/mol. The van der Waals surface area contributed by atoms with Crippen LogP contribution in [0.5, 0.6) is 0 Å². The van der Waals surface area contributed by atoms with Gasteiger partial charge < -0.3 is 10.0 Å². The van der Waals surface area contributed by atoms with Crippen LogP contribution < -0.4 is 4.90 Å². The minimum absolute atomic E-state index is 0.319. The molecule has 1 aromatic carbocycles. The zero-order valence-corrected chi connectivity index (χ0v) is 13.0. The van der Waals surface area contributed by atoms with Gasteiger partial charge in [0.25, 0.3) is 0 Å². The van der Waals surface area contributed by atoms with Crippen molar-refractivity contribution in [1.82, 2.24) is 0 Å². The first-order valence-corrected chi connectivity index (χ1v) is 7.51. The van der Waals surface area contributed by atoms with Gasteiger partial charge in [0, 0.05) is 24.3 Å². The van der Waals surface area contributed by atoms with Gasteiger partial charge in [-0.05, 0) is 50.2 Å². The maximum absolute atomic E-state index is 14.0. The van der Waals surface area contributed by atoms with E-state index in [-0.39, 0.29) is 5.82 Å². The van der Waals surface area contributed by atoms with Crippen LogP contribution in [0.4, 0.5) is 10.1 Å². The highest BCUT2D eigenvalue weighted by atomic mass is 19.1. The molecule has 0 saturated heterocycles. The van der Waals surface area contributed by atoms with E-state index in [1.165, 1.54) is 18.9 Å². The summed E-state index contributed by atoms with van der Waals surface area (Å²) in [6.07, 6.45) is 3.86. The summed E-state index contributed by atoms with van der Waals surface area (Å²) >= 11 is 0. The minimum atomic E-state index is -0.784. The number of hydrogen-bond acceptors (Lipinski definition) is 2. The summed E-state index contributed by atoms with van der Waals surface area (Å²) in [4.78, 5) is 2.15. The summed E-state index contributed by atoms with van der Waals surface area (Å²) in [6, 6.07) is 5.48. The lowest BCUT2D eigenvalue weighted by atomic mass is 9.75. The fourth-order valence-electron chi connectivity index (χ4n) is 3.21. The minimum Gasteiger partial charge on any atom is -0.389 e. The number of benzene rings is 1. The lowest BCUT2D eigenvalue weighted by Crippen LogP contribution is -2.37. The van der Waals surface area contributed by atoms with Gasteiger partial charge in [-0.25, -0.2) is 4.39 Å². The van der Waals surface area contributed by atoms with Gasteiger partial charge in [0.1, 0.15) is 5.82 Å². The number of aliphatic hydroxyl groups is 1. The highest BCUT2D eigenvalue weighted by molar-refractivity contribution is 5.55. The van der Waals surface area contributed by atoms with E-state index in [4.69, 9.17) is 0 Å². The number of hydrogen-bond donors (Lipinski definition) is 1. The quantitative estimate of drug-likeness (QED) is 0.892. The van der Waals surface area contributed by atoms with E-state index in [0.717, 1.165) is 18.5 Å². The standard InChI is InChI=1S/C17H26FNO/c1-12(20)16-14(18)6-5-7-15(16)19(4)13-8-10-17(2,3)11-9-13/h5-7,12-13,20H,8-11H2,1-4H3/t12-/m1/s1. The lowest BCUT2D eigenvalue weighted by molar-refractivity contribution is 0.193. The first kappa shape index (κ1) is 15.3. The van der Waals surface area contributed by atoms with E-state index in [1.807, 2.05) is 13.1 Å². The molecule has 1 aliphatic carbocycles. The average molecular weight is 279 g/mol. The Kier molecular flexibility index (Phi) is 4.38. The van der Waals surface area contributed by atoms with E-state index in [0.29, 0.717) is 17.0 Å². The third kappa shape index (κ3) is 3.14. The van der Waals surface area contributed by atoms with Crippen LogP contribution in [-0.2, 0) is 0 Å². The van der Waals surface area contributed by atoms with Gasteiger partial charge in [0.2, 0.25) is 0 Å². The smallest absolute Gasteiger partial charge is 0.131 e. The van der Waals surface area contributed by atoms with Crippen LogP contribution in [-0.4, -0.2) is 18.2 Å². The second-order valence-corrected chi connectivity index (χ2v) is 6.85. The number of rotatable bonds is 3. The highest BCUT2D eigenvalue weighted by Crippen LogP contribution is 2.39. The molecule has 0 aliphatic heterocycles. The molecule has 1 aliphatic rings. The van der Waals surface area contributed by atoms with Crippen LogP contribution >= 0.6 is 0 Å². The highest BCUT2D eigenvalue weighted by Gasteiger charge is 2.30. The molecule has 0 heterocycles. The van der Waals surface area contributed by atoms with Crippen LogP contribution in [0, 0.1) is 11.2 Å². The Bertz CT molecular complexity index is 460. The normalized spacial score (nSPS) is 20.7. The third-order valence-corrected chi connectivity index (χ3v) is 4.68. The second-order valence-electron chi connectivity index (χ2n) is 6.85. The number of nitrogens with zero attached hydrogens (tertiary/aromatic N) is 1. The molecule has 1 aromatic rings. The van der Waals surface area contributed by atoms with Gasteiger partial charge in [-0.15, -0.1) is 0 Å². The fraction of sp³-hybridized carbons (Fsp3) is 0.647. The van der Waals surface area contributed by atoms with Crippen molar-refractivity contribution in [3.05, 3.63) is 29.6 Å². The zero-order valence-electron chi connectivity index (χ0n) is 13.0. The van der Waals surface area contributed by atoms with Crippen molar-refractivity contribution >= 4 is 5.69 Å². The molecule has 112 valence electrons. The van der Waals surface area contributed by atoms with Crippen molar-refractivity contribution < 1.29 is 9.50 Å². The Hall–Kier alpha value is -1.09. The molecule has 0 amide bonds. The molecule has 0 unspecified atom stereocenters. The molecule has 0 radical (unpaired) electrons. The Morgan fingerprint density at radius 3 is 2.45 bits per heavy atom. The van der Waals surface area contributed by atoms with Crippen molar-refractivity contribution in [3.63, 3.8) is 0 Å². The molecule has 1 fully saturated rings. The topological polar surface area (TPSA) is 23.5 Å². The summed E-state index contributed by atoms with van der Waals surface area (Å²) in [5, 5.41) is 9.85. The Balaban J connectivity index is 2.22. The summed E-state index contributed by atoms with van der Waals surface area (Å²) in [5.41, 5.74) is 1.66. The molecule has 3 heteroatoms. The molecule has 1 atom stereocenters. The van der Waals surface area contributed by atoms with Crippen LogP contribution in [0.15, 0.2) is 18.2 Å². The van der Waals surface area contributed by atoms with Gasteiger partial charge in [0.15, 0.2) is 0 Å². The summed E-state index contributed by atoms with van der Waals surface area (Å²) in [7, 11) is 2.02. The van der Waals surface area contributed by atoms with Crippen molar-refractivity contribution in [1.29, 1.82) is 0 Å². The molecule has 0 spiro atoms. The molecular formula is C17H26FNO. The van der Waals surface area contributed by atoms with Gasteiger partial charge in [-0.3, -0.25) is 0 Å². The molecule has 0 bridgehead atoms. The molecule has 2 nitrogen and oxygen atoms in total. The van der Waals surface area contributed by atoms with E-state index in [9.17, 15) is 9.50 Å². The first-order chi connectivity index (χ1) is 9.32. The maximum atomic E-state index is 14.0. The number of anilines is 1. The SMILES string of the molecule is C[C@@H](O)c1c(F)cccc1N(C)C1CCC(C)(C)CC1. The van der Waals surface area contributed by atoms with Crippen LogP contribution in [0.3, 0.4) is 0 Å². The summed E-state index contributed by atoms with van der Waals surface area (Å²) in [5.74, 6) is -0.319. The summed E-state index contributed by atoms with van der Waals surface area (Å²) < 4.78 is 14.0. The first-order valence-electron chi connectivity index (χ1n) is 7.51. The van der Waals surface area contributed by atoms with Gasteiger partial charge >= 0.3 is 0 Å². The van der Waals surface area contributed by atoms with Crippen LogP contribution in [0.1, 0.15) is 58.1 Å². The van der Waals surface area contributed by atoms with Crippen LogP contribution in [0.2, 0.25) is 0 Å². The van der Waals surface area contributed by atoms with Crippen LogP contribution in [0.25, 0.3) is 0 Å². The third-order valence-electron chi connectivity index (χ3n) is 4.68. The Labute approximate surface area is 121 Å². The van der Waals surface area contributed by atoms with E-state index >= 15 is 0 Å². The zero-order chi connectivity index (χ0) is 14.9. The van der Waals surface area contributed by atoms with Crippen molar-refractivity contribution in [3.8, 4) is 0 Å². The Morgan fingerprint density at radius 2 is 1.90 bits per heavy atom. The van der Waals surface area contributed by atoms with E-state index < -0.39 is 6.10 Å². The molecule has 1 N–H and O–H groups in total. The van der Waals surface area contributed by atoms with Crippen molar-refractivity contribution in [2.24, 2.45) is 5.41 Å². The number of halogens is 1. The molecule has 20 heavy (non-hydrogen) atoms. The van der Waals surface area contributed by atoms with Gasteiger partial charge in [-0.1, -0.05) is 19.9 Å². The molecule has 0 aromatic heterocycles. The predicted molar refractivity (Wildman–Crippen MR) is 81.5 cm³/mol. The molecular weight excluding hydrogens is 253 g/mol. The van der Waals surface area contributed by atoms with E-state index in [1.54, 1.807) is 13.0 Å². The second kappa shape index (κ2) is 5.72. The number of aliphatic hydroxyl groups excluding tert-OH is 1. The largest absolute Gasteiger partial charge is 0.389 e. The Morgan fingerprint density at radius 1 is 1.30 bits per heavy atom. The lowest BCUT2D eigenvalue weighted by Gasteiger charge is -2.40. The van der Waals surface area contributed by atoms with Gasteiger partial charge in [0.05, 0.1) is 6.10 Å². The van der Waals surface area contributed by atoms with E-state index in [2.05, 4.69) is 18.7 Å². The maximum Gasteiger partial charge on any atom is 0.131 e. The molecule has 1 saturated carbocycles.